The molecule has 0 aromatic rings. The summed E-state index contributed by atoms with van der Waals surface area (Å²) < 4.78 is 11.2. The summed E-state index contributed by atoms with van der Waals surface area (Å²) in [5, 5.41) is 14.3. The van der Waals surface area contributed by atoms with Gasteiger partial charge in [0.15, 0.2) is 5.66 Å². The summed E-state index contributed by atoms with van der Waals surface area (Å²) in [6.45, 7) is 4.29. The molecule has 0 aromatic heterocycles. The molecular formula is C34H60N3O10P. The first-order valence-corrected chi connectivity index (χ1v) is 19.6. The predicted molar refractivity (Wildman–Crippen MR) is 182 cm³/mol. The molecule has 1 rings (SSSR count). The van der Waals surface area contributed by atoms with Crippen LogP contribution < -0.4 is 10.6 Å². The van der Waals surface area contributed by atoms with Crippen molar-refractivity contribution in [2.75, 3.05) is 13.1 Å². The average Bonchev–Trinajstić information content (AvgIpc) is 3.30. The minimum atomic E-state index is -4.60. The molecule has 1 aliphatic rings. The number of aldehydes is 1. The number of aliphatic carboxylic acids is 1. The van der Waals surface area contributed by atoms with Crippen LogP contribution >= 0.6 is 7.60 Å². The highest BCUT2D eigenvalue weighted by molar-refractivity contribution is 7.53. The highest BCUT2D eigenvalue weighted by atomic mass is 31.2. The van der Waals surface area contributed by atoms with Gasteiger partial charge in [0.1, 0.15) is 12.3 Å². The van der Waals surface area contributed by atoms with Crippen LogP contribution in [0.3, 0.4) is 0 Å². The van der Waals surface area contributed by atoms with Crippen LogP contribution in [-0.2, 0) is 33.3 Å². The maximum absolute atomic E-state index is 12.4. The molecule has 276 valence electrons. The average molecular weight is 702 g/mol. The zero-order valence-corrected chi connectivity index (χ0v) is 29.9. The molecule has 1 saturated heterocycles. The largest absolute Gasteiger partial charge is 0.481 e. The van der Waals surface area contributed by atoms with Gasteiger partial charge in [-0.05, 0) is 31.6 Å². The summed E-state index contributed by atoms with van der Waals surface area (Å²) in [5.74, 6) is -2.18. The van der Waals surface area contributed by atoms with Gasteiger partial charge in [0.25, 0.3) is 0 Å². The summed E-state index contributed by atoms with van der Waals surface area (Å²) in [6, 6.07) is -0.778. The Morgan fingerprint density at radius 1 is 0.812 bits per heavy atom. The van der Waals surface area contributed by atoms with E-state index in [2.05, 4.69) is 10.6 Å². The molecule has 0 aromatic carbocycles. The zero-order valence-electron chi connectivity index (χ0n) is 29.0. The van der Waals surface area contributed by atoms with Crippen molar-refractivity contribution in [3.05, 3.63) is 0 Å². The number of rotatable bonds is 29. The van der Waals surface area contributed by atoms with Crippen molar-refractivity contribution in [2.45, 2.75) is 154 Å². The molecule has 5 N–H and O–H groups in total. The van der Waals surface area contributed by atoms with Gasteiger partial charge < -0.3 is 30.3 Å². The molecule has 0 radical (unpaired) electrons. The van der Waals surface area contributed by atoms with E-state index in [1.807, 2.05) is 13.8 Å². The van der Waals surface area contributed by atoms with Gasteiger partial charge in [-0.15, -0.1) is 0 Å². The minimum absolute atomic E-state index is 0.00221. The maximum atomic E-state index is 12.4. The van der Waals surface area contributed by atoms with Gasteiger partial charge in [-0.25, -0.2) is 0 Å². The van der Waals surface area contributed by atoms with E-state index in [0.29, 0.717) is 44.9 Å². The van der Waals surface area contributed by atoms with Gasteiger partial charge >= 0.3 is 13.6 Å². The standard InChI is InChI=1S/C34H60N3O10P/c1-26(2)28-23-32(41)37(33(28)42)22-18-14-17-20-30(39)35-24-27(25-38)36-31(40)21-16-13-11-9-7-5-3-4-6-8-10-12-15-19-29(34(43)44)48(45,46)47/h25-29H,3-24H2,1-2H3,(H,35,39)(H,36,40)(H,43,44)(H2,45,46,47). The molecule has 14 heteroatoms. The van der Waals surface area contributed by atoms with Crippen molar-refractivity contribution in [1.82, 2.24) is 15.5 Å². The molecular weight excluding hydrogens is 641 g/mol. The van der Waals surface area contributed by atoms with Gasteiger partial charge in [-0.2, -0.15) is 0 Å². The summed E-state index contributed by atoms with van der Waals surface area (Å²) in [7, 11) is -4.60. The third-order valence-corrected chi connectivity index (χ3v) is 10.3. The lowest BCUT2D eigenvalue weighted by Gasteiger charge is -2.16. The van der Waals surface area contributed by atoms with Gasteiger partial charge in [-0.1, -0.05) is 97.3 Å². The van der Waals surface area contributed by atoms with E-state index in [1.165, 1.54) is 4.90 Å². The van der Waals surface area contributed by atoms with Gasteiger partial charge in [0, 0.05) is 38.3 Å². The number of nitrogens with zero attached hydrogens (tertiary/aromatic N) is 1. The van der Waals surface area contributed by atoms with Gasteiger partial charge in [0.05, 0.1) is 0 Å². The first-order valence-electron chi connectivity index (χ1n) is 17.9. The second kappa shape index (κ2) is 24.5. The lowest BCUT2D eigenvalue weighted by molar-refractivity contribution is -0.140. The molecule has 0 spiro atoms. The predicted octanol–water partition coefficient (Wildman–Crippen LogP) is 4.86. The van der Waals surface area contributed by atoms with Crippen molar-refractivity contribution in [3.8, 4) is 0 Å². The molecule has 48 heavy (non-hydrogen) atoms. The highest BCUT2D eigenvalue weighted by Gasteiger charge is 2.39. The molecule has 0 saturated carbocycles. The van der Waals surface area contributed by atoms with Crippen molar-refractivity contribution in [1.29, 1.82) is 0 Å². The molecule has 4 amide bonds. The number of amides is 4. The number of carbonyl (C=O) groups excluding carboxylic acids is 5. The Balaban J connectivity index is 1.98. The second-order valence-electron chi connectivity index (χ2n) is 13.4. The third-order valence-electron chi connectivity index (χ3n) is 8.97. The SMILES string of the molecule is CC(C)C1CC(=O)N(CCCCCC(=O)NCC(C=O)NC(=O)CCCCCCCCCCCCCCCC(C(=O)O)P(=O)(O)O)C1=O. The number of nitrogens with one attached hydrogen (secondary N) is 2. The first-order chi connectivity index (χ1) is 22.8. The van der Waals surface area contributed by atoms with Gasteiger partial charge in [0.2, 0.25) is 23.6 Å². The van der Waals surface area contributed by atoms with E-state index in [1.54, 1.807) is 0 Å². The number of carbonyl (C=O) groups is 6. The fourth-order valence-electron chi connectivity index (χ4n) is 5.92. The van der Waals surface area contributed by atoms with Crippen molar-refractivity contribution >= 4 is 43.5 Å². The van der Waals surface area contributed by atoms with Crippen LogP contribution in [0.25, 0.3) is 0 Å². The Morgan fingerprint density at radius 3 is 1.75 bits per heavy atom. The number of hydrogen-bond donors (Lipinski definition) is 5. The van der Waals surface area contributed by atoms with E-state index in [9.17, 15) is 33.3 Å². The van der Waals surface area contributed by atoms with Crippen molar-refractivity contribution < 1.29 is 48.2 Å². The lowest BCUT2D eigenvalue weighted by Crippen LogP contribution is -2.44. The van der Waals surface area contributed by atoms with E-state index < -0.39 is 25.3 Å². The van der Waals surface area contributed by atoms with Crippen LogP contribution in [0.1, 0.15) is 142 Å². The molecule has 3 unspecified atom stereocenters. The summed E-state index contributed by atoms with van der Waals surface area (Å²) in [5.41, 5.74) is -1.60. The quantitative estimate of drug-likeness (QED) is 0.0310. The Morgan fingerprint density at radius 2 is 1.29 bits per heavy atom. The van der Waals surface area contributed by atoms with E-state index in [4.69, 9.17) is 14.9 Å². The number of carboxylic acids is 1. The number of unbranched alkanes of at least 4 members (excludes halogenated alkanes) is 14. The summed E-state index contributed by atoms with van der Waals surface area (Å²) >= 11 is 0. The Bertz CT molecular complexity index is 1060. The topological polar surface area (TPSA) is 207 Å². The normalized spacial score (nSPS) is 16.3. The highest BCUT2D eigenvalue weighted by Crippen LogP contribution is 2.43. The monoisotopic (exact) mass is 701 g/mol. The third kappa shape index (κ3) is 18.8. The van der Waals surface area contributed by atoms with E-state index in [0.717, 1.165) is 77.0 Å². The summed E-state index contributed by atoms with van der Waals surface area (Å²) in [6.07, 6.45) is 16.1. The molecule has 13 nitrogen and oxygen atoms in total. The smallest absolute Gasteiger partial charge is 0.339 e. The fraction of sp³-hybridized carbons (Fsp3) is 0.824. The van der Waals surface area contributed by atoms with E-state index in [-0.39, 0.29) is 61.3 Å². The molecule has 1 aliphatic heterocycles. The molecule has 0 bridgehead atoms. The van der Waals surface area contributed by atoms with Crippen LogP contribution in [-0.4, -0.2) is 80.5 Å². The Hall–Kier alpha value is -2.63. The number of likely N-dealkylation sites (tertiary alicyclic amines) is 1. The number of hydrogen-bond acceptors (Lipinski definition) is 7. The molecule has 0 aliphatic carbocycles. The summed E-state index contributed by atoms with van der Waals surface area (Å²) in [4.78, 5) is 90.8. The van der Waals surface area contributed by atoms with Crippen molar-refractivity contribution in [3.63, 3.8) is 0 Å². The molecule has 1 heterocycles. The Kier molecular flexibility index (Phi) is 22.1. The number of carboxylic acid groups (broad SMARTS) is 1. The van der Waals surface area contributed by atoms with Crippen LogP contribution in [0.4, 0.5) is 0 Å². The van der Waals surface area contributed by atoms with Crippen LogP contribution in [0.15, 0.2) is 0 Å². The van der Waals surface area contributed by atoms with Crippen LogP contribution in [0.2, 0.25) is 0 Å². The van der Waals surface area contributed by atoms with Crippen molar-refractivity contribution in [2.24, 2.45) is 11.8 Å². The van der Waals surface area contributed by atoms with Crippen LogP contribution in [0, 0.1) is 11.8 Å². The fourth-order valence-corrected chi connectivity index (χ4v) is 6.73. The minimum Gasteiger partial charge on any atom is -0.481 e. The van der Waals surface area contributed by atoms with Crippen LogP contribution in [0.5, 0.6) is 0 Å². The lowest BCUT2D eigenvalue weighted by atomic mass is 9.94. The maximum Gasteiger partial charge on any atom is 0.339 e. The molecule has 1 fully saturated rings. The zero-order chi connectivity index (χ0) is 36.0. The first kappa shape index (κ1) is 43.4. The second-order valence-corrected chi connectivity index (χ2v) is 15.2. The van der Waals surface area contributed by atoms with E-state index >= 15 is 0 Å². The van der Waals surface area contributed by atoms with Gasteiger partial charge in [-0.3, -0.25) is 33.4 Å². The number of imide groups is 1. The molecule has 3 atom stereocenters. The Labute approximate surface area is 285 Å².